The van der Waals surface area contributed by atoms with Crippen LogP contribution >= 0.6 is 0 Å². The van der Waals surface area contributed by atoms with Crippen molar-refractivity contribution in [1.82, 2.24) is 25.0 Å². The van der Waals surface area contributed by atoms with Gasteiger partial charge in [0, 0.05) is 19.6 Å². The molecule has 2 heterocycles. The topological polar surface area (TPSA) is 83.3 Å². The van der Waals surface area contributed by atoms with E-state index in [1.165, 1.54) is 0 Å². The zero-order chi connectivity index (χ0) is 15.6. The number of carboxylic acid groups (broad SMARTS) is 1. The van der Waals surface area contributed by atoms with Crippen molar-refractivity contribution in [2.45, 2.75) is 32.2 Å². The van der Waals surface area contributed by atoms with Crippen LogP contribution in [0.15, 0.2) is 0 Å². The fraction of sp³-hybridized carbons (Fsp3) is 0.727. The summed E-state index contributed by atoms with van der Waals surface area (Å²) in [7, 11) is 0. The number of carboxylic acids is 1. The third-order valence-corrected chi connectivity index (χ3v) is 3.28. The standard InChI is InChI=1S/C11H16F3N5O2/c1-2-15-7(9(20)21)5-18-3-4-19-8(6-18)16-17-10(19)11(12,13)14/h7,15H,2-6H2,1H3,(H,20,21). The molecule has 118 valence electrons. The Morgan fingerprint density at radius 2 is 2.14 bits per heavy atom. The van der Waals surface area contributed by atoms with Gasteiger partial charge >= 0.3 is 12.1 Å². The average molecular weight is 307 g/mol. The molecule has 1 aliphatic rings. The highest BCUT2D eigenvalue weighted by Gasteiger charge is 2.39. The summed E-state index contributed by atoms with van der Waals surface area (Å²) < 4.78 is 39.1. The Balaban J connectivity index is 2.06. The first-order valence-electron chi connectivity index (χ1n) is 6.50. The molecule has 0 aromatic carbocycles. The Hall–Kier alpha value is -1.68. The van der Waals surface area contributed by atoms with Crippen LogP contribution in [0.25, 0.3) is 0 Å². The number of nitrogens with zero attached hydrogens (tertiary/aromatic N) is 4. The molecule has 1 aliphatic heterocycles. The smallest absolute Gasteiger partial charge is 0.451 e. The molecule has 0 bridgehead atoms. The molecular formula is C11H16F3N5O2. The van der Waals surface area contributed by atoms with Gasteiger partial charge in [0.05, 0.1) is 6.54 Å². The summed E-state index contributed by atoms with van der Waals surface area (Å²) in [5, 5.41) is 18.6. The van der Waals surface area contributed by atoms with Gasteiger partial charge < -0.3 is 15.0 Å². The first-order valence-corrected chi connectivity index (χ1v) is 6.50. The molecule has 10 heteroatoms. The summed E-state index contributed by atoms with van der Waals surface area (Å²) in [4.78, 5) is 12.8. The third kappa shape index (κ3) is 3.50. The fourth-order valence-electron chi connectivity index (χ4n) is 2.31. The van der Waals surface area contributed by atoms with E-state index in [1.807, 2.05) is 0 Å². The minimum absolute atomic E-state index is 0.0929. The van der Waals surface area contributed by atoms with Crippen molar-refractivity contribution in [2.75, 3.05) is 19.6 Å². The molecule has 1 unspecified atom stereocenters. The second kappa shape index (κ2) is 5.98. The Labute approximate surface area is 118 Å². The lowest BCUT2D eigenvalue weighted by molar-refractivity contribution is -0.148. The first-order chi connectivity index (χ1) is 9.82. The number of aromatic nitrogens is 3. The molecule has 0 spiro atoms. The largest absolute Gasteiger partial charge is 0.480 e. The molecule has 1 atom stereocenters. The number of halogens is 3. The van der Waals surface area contributed by atoms with E-state index < -0.39 is 24.0 Å². The van der Waals surface area contributed by atoms with Gasteiger partial charge in [0.1, 0.15) is 11.9 Å². The maximum atomic E-state index is 12.7. The minimum Gasteiger partial charge on any atom is -0.480 e. The van der Waals surface area contributed by atoms with E-state index in [2.05, 4.69) is 15.5 Å². The van der Waals surface area contributed by atoms with Crippen molar-refractivity contribution in [3.8, 4) is 0 Å². The van der Waals surface area contributed by atoms with Crippen molar-refractivity contribution < 1.29 is 23.1 Å². The Kier molecular flexibility index (Phi) is 4.47. The number of hydrogen-bond donors (Lipinski definition) is 2. The summed E-state index contributed by atoms with van der Waals surface area (Å²) >= 11 is 0. The summed E-state index contributed by atoms with van der Waals surface area (Å²) in [6.07, 6.45) is -4.53. The number of nitrogens with one attached hydrogen (secondary N) is 1. The molecule has 0 fully saturated rings. The highest BCUT2D eigenvalue weighted by molar-refractivity contribution is 5.73. The predicted octanol–water partition coefficient (Wildman–Crippen LogP) is 0.175. The number of alkyl halides is 3. The fourth-order valence-corrected chi connectivity index (χ4v) is 2.31. The third-order valence-electron chi connectivity index (χ3n) is 3.28. The van der Waals surface area contributed by atoms with Gasteiger partial charge in [0.25, 0.3) is 0 Å². The molecule has 0 saturated carbocycles. The molecule has 2 rings (SSSR count). The van der Waals surface area contributed by atoms with Gasteiger partial charge in [-0.15, -0.1) is 10.2 Å². The summed E-state index contributed by atoms with van der Waals surface area (Å²) in [5.41, 5.74) is 0. The van der Waals surface area contributed by atoms with E-state index in [4.69, 9.17) is 5.11 Å². The zero-order valence-corrected chi connectivity index (χ0v) is 11.4. The minimum atomic E-state index is -4.53. The normalized spacial score (nSPS) is 17.5. The van der Waals surface area contributed by atoms with Gasteiger partial charge in [0.2, 0.25) is 5.82 Å². The second-order valence-corrected chi connectivity index (χ2v) is 4.77. The Morgan fingerprint density at radius 1 is 1.43 bits per heavy atom. The summed E-state index contributed by atoms with van der Waals surface area (Å²) in [6, 6.07) is -0.758. The first kappa shape index (κ1) is 15.7. The lowest BCUT2D eigenvalue weighted by Crippen LogP contribution is -2.48. The zero-order valence-electron chi connectivity index (χ0n) is 11.4. The lowest BCUT2D eigenvalue weighted by Gasteiger charge is -2.30. The maximum Gasteiger partial charge on any atom is 0.451 e. The van der Waals surface area contributed by atoms with Crippen LogP contribution in [0, 0.1) is 0 Å². The molecule has 0 saturated heterocycles. The van der Waals surface area contributed by atoms with Gasteiger partial charge in [0.15, 0.2) is 0 Å². The van der Waals surface area contributed by atoms with Gasteiger partial charge in [-0.1, -0.05) is 6.92 Å². The molecule has 0 radical (unpaired) electrons. The van der Waals surface area contributed by atoms with E-state index in [1.54, 1.807) is 11.8 Å². The van der Waals surface area contributed by atoms with Crippen LogP contribution in [-0.4, -0.2) is 56.4 Å². The molecule has 0 aliphatic carbocycles. The molecular weight excluding hydrogens is 291 g/mol. The summed E-state index contributed by atoms with van der Waals surface area (Å²) in [6.45, 7) is 3.06. The van der Waals surface area contributed by atoms with E-state index in [-0.39, 0.29) is 25.5 Å². The van der Waals surface area contributed by atoms with Gasteiger partial charge in [-0.25, -0.2) is 0 Å². The SMILES string of the molecule is CCNC(CN1CCn2c(nnc2C(F)(F)F)C1)C(=O)O. The van der Waals surface area contributed by atoms with Crippen molar-refractivity contribution in [3.63, 3.8) is 0 Å². The van der Waals surface area contributed by atoms with Crippen LogP contribution in [-0.2, 0) is 24.1 Å². The van der Waals surface area contributed by atoms with Crippen LogP contribution < -0.4 is 5.32 Å². The van der Waals surface area contributed by atoms with E-state index in [9.17, 15) is 18.0 Å². The van der Waals surface area contributed by atoms with Gasteiger partial charge in [-0.2, -0.15) is 13.2 Å². The van der Waals surface area contributed by atoms with Gasteiger partial charge in [-0.3, -0.25) is 9.69 Å². The van der Waals surface area contributed by atoms with Crippen molar-refractivity contribution >= 4 is 5.97 Å². The average Bonchev–Trinajstić information content (AvgIpc) is 2.81. The monoisotopic (exact) mass is 307 g/mol. The molecule has 1 aromatic rings. The Morgan fingerprint density at radius 3 is 2.71 bits per heavy atom. The van der Waals surface area contributed by atoms with E-state index in [0.29, 0.717) is 13.1 Å². The quantitative estimate of drug-likeness (QED) is 0.807. The number of likely N-dealkylation sites (N-methyl/N-ethyl adjacent to an activating group) is 1. The Bertz CT molecular complexity index is 516. The second-order valence-electron chi connectivity index (χ2n) is 4.77. The predicted molar refractivity (Wildman–Crippen MR) is 65.4 cm³/mol. The van der Waals surface area contributed by atoms with E-state index in [0.717, 1.165) is 4.57 Å². The molecule has 2 N–H and O–H groups in total. The van der Waals surface area contributed by atoms with Crippen LogP contribution in [0.3, 0.4) is 0 Å². The van der Waals surface area contributed by atoms with Crippen LogP contribution in [0.4, 0.5) is 13.2 Å². The molecule has 21 heavy (non-hydrogen) atoms. The van der Waals surface area contributed by atoms with Crippen molar-refractivity contribution in [2.24, 2.45) is 0 Å². The molecule has 1 aromatic heterocycles. The van der Waals surface area contributed by atoms with Crippen molar-refractivity contribution in [1.29, 1.82) is 0 Å². The van der Waals surface area contributed by atoms with Crippen LogP contribution in [0.2, 0.25) is 0 Å². The van der Waals surface area contributed by atoms with Gasteiger partial charge in [-0.05, 0) is 6.54 Å². The number of carbonyl (C=O) groups is 1. The van der Waals surface area contributed by atoms with Crippen LogP contribution in [0.5, 0.6) is 0 Å². The number of rotatable bonds is 5. The summed E-state index contributed by atoms with van der Waals surface area (Å²) in [5.74, 6) is -1.78. The van der Waals surface area contributed by atoms with Crippen molar-refractivity contribution in [3.05, 3.63) is 11.6 Å². The molecule has 7 nitrogen and oxygen atoms in total. The highest BCUT2D eigenvalue weighted by atomic mass is 19.4. The van der Waals surface area contributed by atoms with Crippen LogP contribution in [0.1, 0.15) is 18.6 Å². The number of aliphatic carboxylic acids is 1. The highest BCUT2D eigenvalue weighted by Crippen LogP contribution is 2.29. The van der Waals surface area contributed by atoms with E-state index >= 15 is 0 Å². The maximum absolute atomic E-state index is 12.7. The number of fused-ring (bicyclic) bond motifs is 1. The molecule has 0 amide bonds. The lowest BCUT2D eigenvalue weighted by atomic mass is 10.2. The number of hydrogen-bond acceptors (Lipinski definition) is 5.